The SMILES string of the molecule is C[C@H]1COC(=O)[C@H]1c1ccc(SCCCBr)cc1. The van der Waals surface area contributed by atoms with E-state index in [1.165, 1.54) is 11.3 Å². The molecule has 0 spiro atoms. The number of hydrogen-bond donors (Lipinski definition) is 0. The number of alkyl halides is 1. The maximum Gasteiger partial charge on any atom is 0.313 e. The third-order valence-corrected chi connectivity index (χ3v) is 4.76. The van der Waals surface area contributed by atoms with Crippen LogP contribution in [0.2, 0.25) is 0 Å². The zero-order valence-electron chi connectivity index (χ0n) is 10.4. The number of carbonyl (C=O) groups excluding carboxylic acids is 1. The Bertz CT molecular complexity index is 405. The lowest BCUT2D eigenvalue weighted by Gasteiger charge is -2.11. The van der Waals surface area contributed by atoms with E-state index >= 15 is 0 Å². The molecule has 1 saturated heterocycles. The molecule has 0 unspecified atom stereocenters. The van der Waals surface area contributed by atoms with Crippen molar-refractivity contribution < 1.29 is 9.53 Å². The summed E-state index contributed by atoms with van der Waals surface area (Å²) in [5.41, 5.74) is 1.08. The van der Waals surface area contributed by atoms with E-state index in [0.29, 0.717) is 6.61 Å². The van der Waals surface area contributed by atoms with Crippen molar-refractivity contribution in [3.8, 4) is 0 Å². The van der Waals surface area contributed by atoms with E-state index in [1.54, 1.807) is 0 Å². The van der Waals surface area contributed by atoms with Crippen molar-refractivity contribution in [3.63, 3.8) is 0 Å². The Hall–Kier alpha value is -0.480. The minimum atomic E-state index is -0.0813. The molecule has 2 atom stereocenters. The van der Waals surface area contributed by atoms with Crippen molar-refractivity contribution in [2.75, 3.05) is 17.7 Å². The van der Waals surface area contributed by atoms with Crippen LogP contribution in [-0.2, 0) is 9.53 Å². The lowest BCUT2D eigenvalue weighted by molar-refractivity contribution is -0.139. The number of esters is 1. The summed E-state index contributed by atoms with van der Waals surface area (Å²) in [5.74, 6) is 1.24. The monoisotopic (exact) mass is 328 g/mol. The molecule has 98 valence electrons. The summed E-state index contributed by atoms with van der Waals surface area (Å²) in [5, 5.41) is 1.05. The van der Waals surface area contributed by atoms with Crippen LogP contribution in [-0.4, -0.2) is 23.7 Å². The van der Waals surface area contributed by atoms with Gasteiger partial charge in [-0.15, -0.1) is 11.8 Å². The summed E-state index contributed by atoms with van der Waals surface area (Å²) in [7, 11) is 0. The average molecular weight is 329 g/mol. The van der Waals surface area contributed by atoms with Gasteiger partial charge in [-0.05, 0) is 29.9 Å². The molecular weight excluding hydrogens is 312 g/mol. The molecule has 18 heavy (non-hydrogen) atoms. The molecule has 0 aromatic heterocycles. The van der Waals surface area contributed by atoms with Gasteiger partial charge in [-0.25, -0.2) is 0 Å². The first-order chi connectivity index (χ1) is 8.72. The Morgan fingerprint density at radius 2 is 2.11 bits per heavy atom. The maximum atomic E-state index is 11.6. The first-order valence-corrected chi connectivity index (χ1v) is 8.28. The molecular formula is C14H17BrO2S. The molecule has 1 aromatic carbocycles. The van der Waals surface area contributed by atoms with Gasteiger partial charge < -0.3 is 4.74 Å². The largest absolute Gasteiger partial charge is 0.465 e. The highest BCUT2D eigenvalue weighted by molar-refractivity contribution is 9.09. The van der Waals surface area contributed by atoms with Gasteiger partial charge in [0.15, 0.2) is 0 Å². The number of hydrogen-bond acceptors (Lipinski definition) is 3. The number of cyclic esters (lactones) is 1. The molecule has 0 saturated carbocycles. The molecule has 2 nitrogen and oxygen atoms in total. The van der Waals surface area contributed by atoms with Crippen LogP contribution in [0.3, 0.4) is 0 Å². The van der Waals surface area contributed by atoms with Crippen molar-refractivity contribution in [1.82, 2.24) is 0 Å². The van der Waals surface area contributed by atoms with Gasteiger partial charge >= 0.3 is 5.97 Å². The predicted molar refractivity (Wildman–Crippen MR) is 78.4 cm³/mol. The van der Waals surface area contributed by atoms with E-state index in [-0.39, 0.29) is 17.8 Å². The molecule has 1 fully saturated rings. The molecule has 0 aliphatic carbocycles. The lowest BCUT2D eigenvalue weighted by atomic mass is 9.90. The van der Waals surface area contributed by atoms with Crippen molar-refractivity contribution in [1.29, 1.82) is 0 Å². The van der Waals surface area contributed by atoms with E-state index in [1.807, 2.05) is 11.8 Å². The molecule has 0 radical (unpaired) electrons. The Balaban J connectivity index is 2.01. The molecule has 0 amide bonds. The van der Waals surface area contributed by atoms with Crippen LogP contribution in [0.15, 0.2) is 29.2 Å². The topological polar surface area (TPSA) is 26.3 Å². The van der Waals surface area contributed by atoms with Crippen LogP contribution in [0.5, 0.6) is 0 Å². The van der Waals surface area contributed by atoms with Crippen LogP contribution in [0.4, 0.5) is 0 Å². The number of ether oxygens (including phenoxy) is 1. The van der Waals surface area contributed by atoms with Crippen molar-refractivity contribution in [2.24, 2.45) is 5.92 Å². The predicted octanol–water partition coefficient (Wildman–Crippen LogP) is 3.84. The van der Waals surface area contributed by atoms with Gasteiger partial charge in [0, 0.05) is 16.1 Å². The minimum absolute atomic E-state index is 0.0772. The number of thioether (sulfide) groups is 1. The third kappa shape index (κ3) is 3.29. The summed E-state index contributed by atoms with van der Waals surface area (Å²) in [6, 6.07) is 8.33. The Morgan fingerprint density at radius 3 is 2.67 bits per heavy atom. The Kier molecular flexibility index (Phi) is 5.13. The molecule has 4 heteroatoms. The zero-order valence-corrected chi connectivity index (χ0v) is 12.8. The zero-order chi connectivity index (χ0) is 13.0. The van der Waals surface area contributed by atoms with E-state index in [4.69, 9.17) is 4.74 Å². The number of rotatable bonds is 5. The van der Waals surface area contributed by atoms with E-state index < -0.39 is 0 Å². The minimum Gasteiger partial charge on any atom is -0.465 e. The lowest BCUT2D eigenvalue weighted by Crippen LogP contribution is -2.10. The first-order valence-electron chi connectivity index (χ1n) is 6.17. The maximum absolute atomic E-state index is 11.6. The smallest absolute Gasteiger partial charge is 0.313 e. The van der Waals surface area contributed by atoms with E-state index in [2.05, 4.69) is 47.1 Å². The summed E-state index contributed by atoms with van der Waals surface area (Å²) < 4.78 is 5.09. The Labute approximate surface area is 121 Å². The molecule has 1 aliphatic rings. The second-order valence-corrected chi connectivity index (χ2v) is 6.51. The molecule has 1 aromatic rings. The first kappa shape index (κ1) is 13.9. The fraction of sp³-hybridized carbons (Fsp3) is 0.500. The summed E-state index contributed by atoms with van der Waals surface area (Å²) in [6.45, 7) is 2.61. The van der Waals surface area contributed by atoms with Crippen LogP contribution in [0.1, 0.15) is 24.8 Å². The van der Waals surface area contributed by atoms with Gasteiger partial charge in [0.05, 0.1) is 12.5 Å². The summed E-state index contributed by atoms with van der Waals surface area (Å²) >= 11 is 5.28. The summed E-state index contributed by atoms with van der Waals surface area (Å²) in [4.78, 5) is 12.9. The molecule has 1 aliphatic heterocycles. The highest BCUT2D eigenvalue weighted by Crippen LogP contribution is 2.32. The van der Waals surface area contributed by atoms with Gasteiger partial charge in [-0.2, -0.15) is 0 Å². The second-order valence-electron chi connectivity index (χ2n) is 4.55. The Morgan fingerprint density at radius 1 is 1.39 bits per heavy atom. The quantitative estimate of drug-likeness (QED) is 0.355. The summed E-state index contributed by atoms with van der Waals surface area (Å²) in [6.07, 6.45) is 1.17. The molecule has 0 bridgehead atoms. The van der Waals surface area contributed by atoms with Crippen LogP contribution in [0, 0.1) is 5.92 Å². The van der Waals surface area contributed by atoms with Crippen molar-refractivity contribution >= 4 is 33.7 Å². The van der Waals surface area contributed by atoms with Crippen LogP contribution < -0.4 is 0 Å². The second kappa shape index (κ2) is 6.62. The van der Waals surface area contributed by atoms with Crippen LogP contribution in [0.25, 0.3) is 0 Å². The number of halogens is 1. The molecule has 0 N–H and O–H groups in total. The van der Waals surface area contributed by atoms with Gasteiger partial charge in [0.25, 0.3) is 0 Å². The fourth-order valence-corrected chi connectivity index (χ4v) is 3.62. The highest BCUT2D eigenvalue weighted by atomic mass is 79.9. The van der Waals surface area contributed by atoms with Gasteiger partial charge in [-0.1, -0.05) is 35.0 Å². The van der Waals surface area contributed by atoms with Gasteiger partial charge in [0.1, 0.15) is 0 Å². The standard InChI is InChI=1S/C14H17BrO2S/c1-10-9-17-14(16)13(10)11-3-5-12(6-4-11)18-8-2-7-15/h3-6,10,13H,2,7-9H2,1H3/t10-,13+/m0/s1. The number of benzene rings is 1. The van der Waals surface area contributed by atoms with Gasteiger partial charge in [-0.3, -0.25) is 4.79 Å². The van der Waals surface area contributed by atoms with Gasteiger partial charge in [0.2, 0.25) is 0 Å². The van der Waals surface area contributed by atoms with E-state index in [0.717, 1.165) is 16.6 Å². The molecule has 2 rings (SSSR count). The fourth-order valence-electron chi connectivity index (χ4n) is 2.11. The van der Waals surface area contributed by atoms with E-state index in [9.17, 15) is 4.79 Å². The highest BCUT2D eigenvalue weighted by Gasteiger charge is 2.34. The normalized spacial score (nSPS) is 23.1. The molecule has 1 heterocycles. The van der Waals surface area contributed by atoms with Crippen LogP contribution >= 0.6 is 27.7 Å². The number of carbonyl (C=O) groups is 1. The van der Waals surface area contributed by atoms with Crippen molar-refractivity contribution in [3.05, 3.63) is 29.8 Å². The average Bonchev–Trinajstić information content (AvgIpc) is 2.71. The van der Waals surface area contributed by atoms with Crippen molar-refractivity contribution in [2.45, 2.75) is 24.2 Å². The third-order valence-electron chi connectivity index (χ3n) is 3.10.